The van der Waals surface area contributed by atoms with Crippen LogP contribution in [0.3, 0.4) is 0 Å². The lowest BCUT2D eigenvalue weighted by molar-refractivity contribution is 0.445. The van der Waals surface area contributed by atoms with Crippen molar-refractivity contribution in [3.63, 3.8) is 0 Å². The van der Waals surface area contributed by atoms with Gasteiger partial charge in [0.05, 0.1) is 27.8 Å². The lowest BCUT2D eigenvalue weighted by Crippen LogP contribution is -2.28. The number of anilines is 3. The molecule has 79 heavy (non-hydrogen) atoms. The van der Waals surface area contributed by atoms with Gasteiger partial charge in [0, 0.05) is 33.3 Å². The molecule has 0 bridgehead atoms. The van der Waals surface area contributed by atoms with E-state index in [-0.39, 0.29) is 0 Å². The number of fused-ring (bicyclic) bond motifs is 7. The smallest absolute Gasteiger partial charge is 0.0713 e. The predicted octanol–water partition coefficient (Wildman–Crippen LogP) is 20.8. The van der Waals surface area contributed by atoms with Gasteiger partial charge in [-0.3, -0.25) is 0 Å². The number of nitrogens with zero attached hydrogens (tertiary/aromatic N) is 2. The van der Waals surface area contributed by atoms with Crippen LogP contribution < -0.4 is 4.90 Å². The molecule has 0 unspecified atom stereocenters. The minimum absolute atomic E-state index is 0.530. The highest BCUT2D eigenvalue weighted by atomic mass is 15.1. The van der Waals surface area contributed by atoms with Gasteiger partial charge in [-0.2, -0.15) is 0 Å². The van der Waals surface area contributed by atoms with Gasteiger partial charge < -0.3 is 9.47 Å². The van der Waals surface area contributed by atoms with E-state index in [9.17, 15) is 0 Å². The maximum Gasteiger partial charge on any atom is 0.0713 e. The first kappa shape index (κ1) is 46.8. The van der Waals surface area contributed by atoms with Gasteiger partial charge in [0.25, 0.3) is 0 Å². The molecule has 12 aromatic carbocycles. The van der Waals surface area contributed by atoms with Crippen molar-refractivity contribution in [1.29, 1.82) is 0 Å². The van der Waals surface area contributed by atoms with Crippen molar-refractivity contribution < 1.29 is 0 Å². The second-order valence-corrected chi connectivity index (χ2v) is 21.7. The summed E-state index contributed by atoms with van der Waals surface area (Å²) in [6.07, 6.45) is 6.37. The highest BCUT2D eigenvalue weighted by molar-refractivity contribution is 6.11. The highest BCUT2D eigenvalue weighted by Gasteiger charge is 2.47. The molecule has 0 spiro atoms. The standard InChI is InChI=1S/C77H58N2/c1-5-25-53(26-6-1)61-41-22-27-54-28-23-42-66(75(54)61)63-38-15-19-47-72(63)79(60-36-21-29-55(51-60)56-49-50-65-62-37-14-18-46-71(62)78(74(65)52-56)59-34-11-4-12-35-59)73-48-20-16-39-64(73)67-43-24-45-70-76(67)68-40-13-17-44-69(68)77(70,57-30-7-2-8-31-57)58-32-9-3-10-33-58/h2-4,7-24,27-53H,1,5-6,25-26H2. The molecule has 0 atom stereocenters. The van der Waals surface area contributed by atoms with E-state index in [0.29, 0.717) is 5.92 Å². The van der Waals surface area contributed by atoms with E-state index in [1.807, 2.05) is 0 Å². The Morgan fingerprint density at radius 3 is 1.66 bits per heavy atom. The average Bonchev–Trinajstić information content (AvgIpc) is 3.35. The molecule has 0 aliphatic heterocycles. The van der Waals surface area contributed by atoms with Crippen molar-refractivity contribution in [2.24, 2.45) is 0 Å². The first-order chi connectivity index (χ1) is 39.2. The fraction of sp³-hybridized carbons (Fsp3) is 0.0909. The third-order valence-corrected chi connectivity index (χ3v) is 17.5. The van der Waals surface area contributed by atoms with Crippen LogP contribution in [-0.2, 0) is 5.41 Å². The van der Waals surface area contributed by atoms with Gasteiger partial charge in [0.1, 0.15) is 0 Å². The third kappa shape index (κ3) is 7.61. The third-order valence-electron chi connectivity index (χ3n) is 17.5. The molecule has 376 valence electrons. The van der Waals surface area contributed by atoms with Gasteiger partial charge in [-0.15, -0.1) is 0 Å². The second-order valence-electron chi connectivity index (χ2n) is 21.7. The summed E-state index contributed by atoms with van der Waals surface area (Å²) < 4.78 is 2.42. The van der Waals surface area contributed by atoms with E-state index in [1.165, 1.54) is 126 Å². The van der Waals surface area contributed by atoms with Gasteiger partial charge >= 0.3 is 0 Å². The van der Waals surface area contributed by atoms with Crippen molar-refractivity contribution in [1.82, 2.24) is 4.57 Å². The molecular weight excluding hydrogens is 953 g/mol. The summed E-state index contributed by atoms with van der Waals surface area (Å²) in [4.78, 5) is 2.57. The maximum absolute atomic E-state index is 2.57. The van der Waals surface area contributed by atoms with E-state index in [1.54, 1.807) is 0 Å². The van der Waals surface area contributed by atoms with Gasteiger partial charge in [-0.25, -0.2) is 0 Å². The Kier molecular flexibility index (Phi) is 11.5. The fourth-order valence-electron chi connectivity index (χ4n) is 14.1. The van der Waals surface area contributed by atoms with Gasteiger partial charge in [0.15, 0.2) is 0 Å². The SMILES string of the molecule is c1ccc(-n2c3ccccc3c3ccc(-c4cccc(N(c5ccccc5-c5cccc6c5-c5ccccc5C6(c5ccccc5)c5ccccc5)c5ccccc5-c5cccc6cccc(C7CCCCC7)c56)c4)cc32)cc1. The molecule has 0 saturated heterocycles. The number of hydrogen-bond donors (Lipinski definition) is 0. The van der Waals surface area contributed by atoms with Crippen LogP contribution in [0.15, 0.2) is 285 Å². The zero-order valence-electron chi connectivity index (χ0n) is 44.1. The Hall–Kier alpha value is -9.50. The number of benzene rings is 12. The molecule has 2 heteroatoms. The van der Waals surface area contributed by atoms with Crippen molar-refractivity contribution in [2.75, 3.05) is 4.90 Å². The highest BCUT2D eigenvalue weighted by Crippen LogP contribution is 2.59. The molecule has 2 nitrogen and oxygen atoms in total. The van der Waals surface area contributed by atoms with Crippen molar-refractivity contribution in [3.05, 3.63) is 313 Å². The quantitative estimate of drug-likeness (QED) is 0.133. The number of aromatic nitrogens is 1. The summed E-state index contributed by atoms with van der Waals surface area (Å²) in [6, 6.07) is 107. The minimum Gasteiger partial charge on any atom is -0.309 e. The molecule has 0 amide bonds. The summed E-state index contributed by atoms with van der Waals surface area (Å²) in [5.74, 6) is 0.541. The molecule has 1 heterocycles. The molecule has 1 aromatic heterocycles. The zero-order valence-corrected chi connectivity index (χ0v) is 44.1. The van der Waals surface area contributed by atoms with Crippen LogP contribution in [0.25, 0.3) is 82.8 Å². The molecule has 2 aliphatic carbocycles. The van der Waals surface area contributed by atoms with Crippen LogP contribution in [0, 0.1) is 0 Å². The van der Waals surface area contributed by atoms with Gasteiger partial charge in [0.2, 0.25) is 0 Å². The summed E-state index contributed by atoms with van der Waals surface area (Å²) in [5, 5.41) is 5.17. The monoisotopic (exact) mass is 1010 g/mol. The van der Waals surface area contributed by atoms with Crippen molar-refractivity contribution in [3.8, 4) is 50.2 Å². The van der Waals surface area contributed by atoms with Gasteiger partial charge in [-0.1, -0.05) is 256 Å². The Balaban J connectivity index is 0.979. The molecule has 1 saturated carbocycles. The number of hydrogen-bond acceptors (Lipinski definition) is 1. The normalized spacial score (nSPS) is 13.9. The molecule has 15 rings (SSSR count). The maximum atomic E-state index is 2.57. The minimum atomic E-state index is -0.530. The topological polar surface area (TPSA) is 8.17 Å². The molecular formula is C77H58N2. The number of rotatable bonds is 10. The lowest BCUT2D eigenvalue weighted by atomic mass is 9.67. The largest absolute Gasteiger partial charge is 0.309 e. The van der Waals surface area contributed by atoms with Gasteiger partial charge in [-0.05, 0) is 139 Å². The summed E-state index contributed by atoms with van der Waals surface area (Å²) in [7, 11) is 0. The van der Waals surface area contributed by atoms with E-state index in [2.05, 4.69) is 295 Å². The van der Waals surface area contributed by atoms with E-state index < -0.39 is 5.41 Å². The molecule has 0 radical (unpaired) electrons. The Morgan fingerprint density at radius 2 is 0.911 bits per heavy atom. The lowest BCUT2D eigenvalue weighted by Gasteiger charge is -2.34. The Morgan fingerprint density at radius 1 is 0.367 bits per heavy atom. The van der Waals surface area contributed by atoms with Crippen LogP contribution in [-0.4, -0.2) is 4.57 Å². The number of para-hydroxylation sites is 4. The molecule has 0 N–H and O–H groups in total. The Bertz CT molecular complexity index is 4360. The molecule has 13 aromatic rings. The van der Waals surface area contributed by atoms with Crippen LogP contribution in [0.4, 0.5) is 17.1 Å². The van der Waals surface area contributed by atoms with Crippen LogP contribution in [0.2, 0.25) is 0 Å². The second kappa shape index (κ2) is 19.5. The van der Waals surface area contributed by atoms with Crippen LogP contribution >= 0.6 is 0 Å². The first-order valence-corrected chi connectivity index (χ1v) is 28.3. The average molecular weight is 1010 g/mol. The molecule has 2 aliphatic rings. The fourth-order valence-corrected chi connectivity index (χ4v) is 14.1. The predicted molar refractivity (Wildman–Crippen MR) is 332 cm³/mol. The summed E-state index contributed by atoms with van der Waals surface area (Å²) >= 11 is 0. The van der Waals surface area contributed by atoms with Crippen molar-refractivity contribution in [2.45, 2.75) is 43.4 Å². The van der Waals surface area contributed by atoms with Crippen LogP contribution in [0.5, 0.6) is 0 Å². The first-order valence-electron chi connectivity index (χ1n) is 28.3. The van der Waals surface area contributed by atoms with E-state index in [4.69, 9.17) is 0 Å². The summed E-state index contributed by atoms with van der Waals surface area (Å²) in [5.41, 5.74) is 22.7. The van der Waals surface area contributed by atoms with E-state index in [0.717, 1.165) is 33.9 Å². The van der Waals surface area contributed by atoms with E-state index >= 15 is 0 Å². The van der Waals surface area contributed by atoms with Crippen LogP contribution in [0.1, 0.15) is 65.8 Å². The Labute approximate surface area is 463 Å². The summed E-state index contributed by atoms with van der Waals surface area (Å²) in [6.45, 7) is 0. The van der Waals surface area contributed by atoms with Crippen molar-refractivity contribution >= 4 is 49.6 Å². The zero-order chi connectivity index (χ0) is 52.3. The molecule has 1 fully saturated rings.